The smallest absolute Gasteiger partial charge is 0.133 e. The Morgan fingerprint density at radius 2 is 1.94 bits per heavy atom. The van der Waals surface area contributed by atoms with E-state index in [2.05, 4.69) is 10.2 Å². The molecule has 4 rings (SSSR count). The Hall–Kier alpha value is -2.47. The Bertz CT molecular complexity index is 1050. The average molecular weight is 458 g/mol. The highest BCUT2D eigenvalue weighted by molar-refractivity contribution is 6.30. The maximum atomic E-state index is 9.27. The highest BCUT2D eigenvalue weighted by Gasteiger charge is 2.28. The van der Waals surface area contributed by atoms with Crippen LogP contribution in [-0.4, -0.2) is 42.1 Å². The normalized spacial score (nSPS) is 16.1. The number of nitrogens with zero attached hydrogens (tertiary/aromatic N) is 2. The minimum atomic E-state index is 0.157. The van der Waals surface area contributed by atoms with Gasteiger partial charge in [-0.3, -0.25) is 0 Å². The summed E-state index contributed by atoms with van der Waals surface area (Å²) >= 11 is 12.2. The van der Waals surface area contributed by atoms with Gasteiger partial charge >= 0.3 is 0 Å². The first-order valence-electron chi connectivity index (χ1n) is 10.3. The van der Waals surface area contributed by atoms with E-state index in [0.29, 0.717) is 41.7 Å². The molecule has 5 nitrogen and oxygen atoms in total. The van der Waals surface area contributed by atoms with E-state index in [0.717, 1.165) is 40.7 Å². The molecule has 7 heteroatoms. The second-order valence-electron chi connectivity index (χ2n) is 7.60. The SMILES string of the molecule is CC1=NC2=C(CN1CCCO)C(Cc1ccc(Cl)cc1)=C(Oc1cccc(Cl)c1)CN2. The first kappa shape index (κ1) is 21.8. The third-order valence-corrected chi connectivity index (χ3v) is 5.89. The van der Waals surface area contributed by atoms with Crippen molar-refractivity contribution in [2.45, 2.75) is 19.8 Å². The molecule has 31 heavy (non-hydrogen) atoms. The van der Waals surface area contributed by atoms with Gasteiger partial charge in [0.1, 0.15) is 23.2 Å². The largest absolute Gasteiger partial charge is 0.459 e. The van der Waals surface area contributed by atoms with Crippen LogP contribution in [0.5, 0.6) is 5.75 Å². The molecule has 0 radical (unpaired) electrons. The Labute approximate surface area is 192 Å². The van der Waals surface area contributed by atoms with Gasteiger partial charge in [0.2, 0.25) is 0 Å². The molecule has 0 atom stereocenters. The molecule has 0 fully saturated rings. The van der Waals surface area contributed by atoms with Gasteiger partial charge in [0.15, 0.2) is 0 Å². The molecule has 2 N–H and O–H groups in total. The number of dihydropyridines is 1. The van der Waals surface area contributed by atoms with Crippen LogP contribution in [-0.2, 0) is 6.42 Å². The number of amidine groups is 1. The summed E-state index contributed by atoms with van der Waals surface area (Å²) in [4.78, 5) is 6.99. The molecule has 0 bridgehead atoms. The number of nitrogens with one attached hydrogen (secondary N) is 1. The lowest BCUT2D eigenvalue weighted by Crippen LogP contribution is -2.40. The third kappa shape index (κ3) is 5.24. The summed E-state index contributed by atoms with van der Waals surface area (Å²) in [7, 11) is 0. The number of aliphatic hydroxyl groups is 1. The van der Waals surface area contributed by atoms with Crippen molar-refractivity contribution >= 4 is 29.0 Å². The number of hydrogen-bond acceptors (Lipinski definition) is 5. The van der Waals surface area contributed by atoms with Crippen LogP contribution < -0.4 is 10.1 Å². The van der Waals surface area contributed by atoms with Crippen LogP contribution in [0.3, 0.4) is 0 Å². The van der Waals surface area contributed by atoms with E-state index in [1.165, 1.54) is 0 Å². The van der Waals surface area contributed by atoms with Crippen LogP contribution in [0.2, 0.25) is 10.0 Å². The highest BCUT2D eigenvalue weighted by atomic mass is 35.5. The predicted octanol–water partition coefficient (Wildman–Crippen LogP) is 4.80. The van der Waals surface area contributed by atoms with Crippen LogP contribution in [0.4, 0.5) is 0 Å². The second-order valence-corrected chi connectivity index (χ2v) is 8.48. The first-order valence-corrected chi connectivity index (χ1v) is 11.1. The fourth-order valence-corrected chi connectivity index (χ4v) is 4.09. The van der Waals surface area contributed by atoms with Gasteiger partial charge in [0.25, 0.3) is 0 Å². The summed E-state index contributed by atoms with van der Waals surface area (Å²) in [5, 5.41) is 14.0. The molecule has 162 valence electrons. The molecular formula is C24H25Cl2N3O2. The minimum absolute atomic E-state index is 0.157. The fraction of sp³-hybridized carbons (Fsp3) is 0.292. The van der Waals surface area contributed by atoms with Crippen molar-refractivity contribution in [2.24, 2.45) is 4.99 Å². The van der Waals surface area contributed by atoms with Crippen LogP contribution >= 0.6 is 23.2 Å². The molecule has 0 aromatic heterocycles. The molecule has 2 aromatic carbocycles. The monoisotopic (exact) mass is 457 g/mol. The zero-order valence-corrected chi connectivity index (χ0v) is 18.9. The number of rotatable bonds is 7. The van der Waals surface area contributed by atoms with Gasteiger partial charge in [0, 0.05) is 47.3 Å². The van der Waals surface area contributed by atoms with Crippen molar-refractivity contribution in [1.82, 2.24) is 10.2 Å². The maximum Gasteiger partial charge on any atom is 0.133 e. The van der Waals surface area contributed by atoms with Crippen molar-refractivity contribution in [3.8, 4) is 5.75 Å². The molecule has 2 aromatic rings. The minimum Gasteiger partial charge on any atom is -0.459 e. The third-order valence-electron chi connectivity index (χ3n) is 5.40. The average Bonchev–Trinajstić information content (AvgIpc) is 2.75. The topological polar surface area (TPSA) is 57.1 Å². The lowest BCUT2D eigenvalue weighted by atomic mass is 9.93. The van der Waals surface area contributed by atoms with E-state index < -0.39 is 0 Å². The lowest BCUT2D eigenvalue weighted by Gasteiger charge is -2.35. The Morgan fingerprint density at radius 3 is 2.68 bits per heavy atom. The van der Waals surface area contributed by atoms with Crippen LogP contribution in [0.25, 0.3) is 0 Å². The van der Waals surface area contributed by atoms with Crippen molar-refractivity contribution in [2.75, 3.05) is 26.2 Å². The summed E-state index contributed by atoms with van der Waals surface area (Å²) in [6, 6.07) is 15.3. The van der Waals surface area contributed by atoms with E-state index >= 15 is 0 Å². The van der Waals surface area contributed by atoms with Crippen molar-refractivity contribution in [3.05, 3.63) is 86.9 Å². The van der Waals surface area contributed by atoms with E-state index in [1.807, 2.05) is 55.5 Å². The van der Waals surface area contributed by atoms with Gasteiger partial charge in [-0.2, -0.15) is 0 Å². The van der Waals surface area contributed by atoms with Gasteiger partial charge in [-0.05, 0) is 49.2 Å². The molecule has 0 saturated heterocycles. The molecule has 2 aliphatic rings. The molecular weight excluding hydrogens is 433 g/mol. The summed E-state index contributed by atoms with van der Waals surface area (Å²) < 4.78 is 6.30. The van der Waals surface area contributed by atoms with Crippen LogP contribution in [0, 0.1) is 0 Å². The summed E-state index contributed by atoms with van der Waals surface area (Å²) in [6.07, 6.45) is 1.40. The number of aliphatic imine (C=N–C) groups is 1. The molecule has 2 aliphatic heterocycles. The van der Waals surface area contributed by atoms with Gasteiger partial charge in [0.05, 0.1) is 6.54 Å². The van der Waals surface area contributed by atoms with Crippen molar-refractivity contribution < 1.29 is 9.84 Å². The molecule has 0 amide bonds. The van der Waals surface area contributed by atoms with E-state index in [4.69, 9.17) is 32.9 Å². The molecule has 0 saturated carbocycles. The standard InChI is InChI=1S/C24H25Cl2N3O2/c1-16-28-24-22(15-29(16)10-3-11-30)21(12-17-6-8-18(25)9-7-17)23(14-27-24)31-20-5-2-4-19(26)13-20/h2,4-9,13,27,30H,3,10-12,14-15H2,1H3. The zero-order valence-electron chi connectivity index (χ0n) is 17.4. The summed E-state index contributed by atoms with van der Waals surface area (Å²) in [5.41, 5.74) is 3.37. The summed E-state index contributed by atoms with van der Waals surface area (Å²) in [5.74, 6) is 3.40. The van der Waals surface area contributed by atoms with Crippen molar-refractivity contribution in [1.29, 1.82) is 0 Å². The predicted molar refractivity (Wildman–Crippen MR) is 126 cm³/mol. The number of halogens is 2. The quantitative estimate of drug-likeness (QED) is 0.626. The van der Waals surface area contributed by atoms with E-state index in [-0.39, 0.29) is 6.61 Å². The molecule has 0 spiro atoms. The number of ether oxygens (including phenoxy) is 1. The second kappa shape index (κ2) is 9.77. The van der Waals surface area contributed by atoms with Gasteiger partial charge in [-0.25, -0.2) is 4.99 Å². The van der Waals surface area contributed by atoms with Crippen molar-refractivity contribution in [3.63, 3.8) is 0 Å². The summed E-state index contributed by atoms with van der Waals surface area (Å²) in [6.45, 7) is 4.17. The Morgan fingerprint density at radius 1 is 1.13 bits per heavy atom. The van der Waals surface area contributed by atoms with E-state index in [9.17, 15) is 5.11 Å². The molecule has 0 aliphatic carbocycles. The molecule has 0 unspecified atom stereocenters. The Balaban J connectivity index is 1.71. The first-order chi connectivity index (χ1) is 15.0. The maximum absolute atomic E-state index is 9.27. The molecule has 2 heterocycles. The highest BCUT2D eigenvalue weighted by Crippen LogP contribution is 2.32. The van der Waals surface area contributed by atoms with E-state index in [1.54, 1.807) is 0 Å². The number of aliphatic hydroxyl groups excluding tert-OH is 1. The van der Waals surface area contributed by atoms with Gasteiger partial charge in [-0.1, -0.05) is 41.4 Å². The number of hydrogen-bond donors (Lipinski definition) is 2. The van der Waals surface area contributed by atoms with Crippen LogP contribution in [0.15, 0.2) is 76.2 Å². The number of benzene rings is 2. The van der Waals surface area contributed by atoms with Gasteiger partial charge < -0.3 is 20.1 Å². The Kier molecular flexibility index (Phi) is 6.86. The zero-order chi connectivity index (χ0) is 21.8. The van der Waals surface area contributed by atoms with Crippen LogP contribution in [0.1, 0.15) is 18.9 Å². The van der Waals surface area contributed by atoms with Gasteiger partial charge in [-0.15, -0.1) is 0 Å². The fourth-order valence-electron chi connectivity index (χ4n) is 3.79. The lowest BCUT2D eigenvalue weighted by molar-refractivity contribution is 0.268.